The van der Waals surface area contributed by atoms with E-state index in [9.17, 15) is 21.4 Å². The molecule has 1 aromatic rings. The summed E-state index contributed by atoms with van der Waals surface area (Å²) in [6.07, 6.45) is -1.11. The third-order valence-corrected chi connectivity index (χ3v) is 2.61. The Morgan fingerprint density at radius 3 is 2.33 bits per heavy atom. The van der Waals surface area contributed by atoms with Crippen LogP contribution >= 0.6 is 0 Å². The zero-order chi connectivity index (χ0) is 11.7. The molecule has 0 atom stereocenters. The first-order valence-electron chi connectivity index (χ1n) is 4.01. The zero-order valence-corrected chi connectivity index (χ0v) is 8.35. The van der Waals surface area contributed by atoms with Gasteiger partial charge >= 0.3 is 6.98 Å². The first kappa shape index (κ1) is 12.1. The molecule has 84 valence electrons. The van der Waals surface area contributed by atoms with Gasteiger partial charge in [0, 0.05) is 0 Å². The van der Waals surface area contributed by atoms with E-state index in [1.165, 1.54) is 12.1 Å². The lowest BCUT2D eigenvalue weighted by molar-refractivity contribution is 0.468. The van der Waals surface area contributed by atoms with Crippen molar-refractivity contribution in [3.05, 3.63) is 29.8 Å². The molecule has 0 spiro atoms. The van der Waals surface area contributed by atoms with Crippen molar-refractivity contribution < 1.29 is 21.4 Å². The molecule has 0 aliphatic rings. The molecule has 3 nitrogen and oxygen atoms in total. The molecule has 1 aromatic carbocycles. The van der Waals surface area contributed by atoms with Gasteiger partial charge in [0.05, 0.1) is 4.90 Å². The van der Waals surface area contributed by atoms with Crippen LogP contribution in [-0.2, 0) is 16.3 Å². The van der Waals surface area contributed by atoms with Crippen LogP contribution in [0.25, 0.3) is 0 Å². The summed E-state index contributed by atoms with van der Waals surface area (Å²) in [7, 11) is -3.94. The number of sulfonamides is 1. The molecule has 1 rings (SSSR count). The molecule has 0 radical (unpaired) electrons. The summed E-state index contributed by atoms with van der Waals surface area (Å²) in [5.41, 5.74) is -0.103. The molecule has 0 saturated carbocycles. The van der Waals surface area contributed by atoms with E-state index in [4.69, 9.17) is 5.14 Å². The van der Waals surface area contributed by atoms with Crippen LogP contribution in [0.2, 0.25) is 0 Å². The number of halogens is 3. The Hall–Kier alpha value is -1.02. The zero-order valence-electron chi connectivity index (χ0n) is 7.53. The van der Waals surface area contributed by atoms with Crippen molar-refractivity contribution in [1.82, 2.24) is 0 Å². The van der Waals surface area contributed by atoms with Gasteiger partial charge in [0.25, 0.3) is 0 Å². The fourth-order valence-electron chi connectivity index (χ4n) is 1.12. The van der Waals surface area contributed by atoms with E-state index < -0.39 is 23.3 Å². The van der Waals surface area contributed by atoms with Crippen molar-refractivity contribution in [2.75, 3.05) is 0 Å². The van der Waals surface area contributed by atoms with Crippen LogP contribution in [0, 0.1) is 0 Å². The Morgan fingerprint density at radius 2 is 1.87 bits per heavy atom. The number of rotatable bonds is 3. The van der Waals surface area contributed by atoms with Crippen molar-refractivity contribution in [2.45, 2.75) is 11.2 Å². The third kappa shape index (κ3) is 3.92. The Labute approximate surface area is 85.2 Å². The van der Waals surface area contributed by atoms with E-state index in [-0.39, 0.29) is 10.5 Å². The van der Waals surface area contributed by atoms with Gasteiger partial charge in [0.1, 0.15) is 0 Å². The Balaban J connectivity index is 3.04. The van der Waals surface area contributed by atoms with Crippen LogP contribution < -0.4 is 5.14 Å². The van der Waals surface area contributed by atoms with E-state index in [1.807, 2.05) is 0 Å². The molecule has 0 amide bonds. The summed E-state index contributed by atoms with van der Waals surface area (Å²) in [5, 5.41) is 4.79. The van der Waals surface area contributed by atoms with Crippen LogP contribution in [0.5, 0.6) is 0 Å². The average Bonchev–Trinajstić information content (AvgIpc) is 1.99. The van der Waals surface area contributed by atoms with Gasteiger partial charge in [-0.2, -0.15) is 0 Å². The van der Waals surface area contributed by atoms with Gasteiger partial charge in [0.2, 0.25) is 10.0 Å². The second-order valence-corrected chi connectivity index (χ2v) is 4.67. The predicted molar refractivity (Wildman–Crippen MR) is 50.6 cm³/mol. The maximum absolute atomic E-state index is 12.1. The summed E-state index contributed by atoms with van der Waals surface area (Å²) >= 11 is 0. The fraction of sp³-hybridized carbons (Fsp3) is 0.143. The highest BCUT2D eigenvalue weighted by atomic mass is 32.2. The molecule has 0 aliphatic carbocycles. The molecule has 0 aliphatic heterocycles. The summed E-state index contributed by atoms with van der Waals surface area (Å²) in [6.45, 7) is -4.97. The number of nitrogens with two attached hydrogens (primary N) is 1. The van der Waals surface area contributed by atoms with Gasteiger partial charge in [0.15, 0.2) is 0 Å². The Bertz CT molecular complexity index is 458. The largest absolute Gasteiger partial charge is 0.482 e. The van der Waals surface area contributed by atoms with Crippen molar-refractivity contribution in [3.8, 4) is 0 Å². The fourth-order valence-corrected chi connectivity index (χ4v) is 1.70. The van der Waals surface area contributed by atoms with E-state index in [1.54, 1.807) is 0 Å². The minimum absolute atomic E-state index is 0.103. The Kier molecular flexibility index (Phi) is 3.10. The van der Waals surface area contributed by atoms with Crippen LogP contribution in [0.3, 0.4) is 0 Å². The molecule has 0 unspecified atom stereocenters. The lowest BCUT2D eigenvalue weighted by Gasteiger charge is -2.13. The van der Waals surface area contributed by atoms with E-state index in [0.29, 0.717) is 0 Å². The number of hydrogen-bond acceptors (Lipinski definition) is 2. The quantitative estimate of drug-likeness (QED) is 0.806. The van der Waals surface area contributed by atoms with Crippen LogP contribution in [-0.4, -0.2) is 15.4 Å². The SMILES string of the molecule is NS(=O)(=O)c1cccc(C[B-](F)(F)F)c1. The predicted octanol–water partition coefficient (Wildman–Crippen LogP) is 1.26. The van der Waals surface area contributed by atoms with E-state index in [2.05, 4.69) is 0 Å². The maximum atomic E-state index is 12.1. The highest BCUT2D eigenvalue weighted by molar-refractivity contribution is 7.89. The van der Waals surface area contributed by atoms with Gasteiger partial charge in [-0.3, -0.25) is 0 Å². The third-order valence-electron chi connectivity index (χ3n) is 1.69. The number of benzene rings is 1. The highest BCUT2D eigenvalue weighted by Crippen LogP contribution is 2.18. The smallest absolute Gasteiger partial charge is 0.449 e. The maximum Gasteiger partial charge on any atom is 0.482 e. The molecule has 0 aromatic heterocycles. The summed E-state index contributed by atoms with van der Waals surface area (Å²) in [6, 6.07) is 4.54. The van der Waals surface area contributed by atoms with E-state index in [0.717, 1.165) is 12.1 Å². The lowest BCUT2D eigenvalue weighted by atomic mass is 9.82. The van der Waals surface area contributed by atoms with Crippen LogP contribution in [0.15, 0.2) is 29.2 Å². The van der Waals surface area contributed by atoms with Crippen molar-refractivity contribution >= 4 is 17.0 Å². The summed E-state index contributed by atoms with van der Waals surface area (Å²) in [5.74, 6) is 0. The molecule has 8 heteroatoms. The van der Waals surface area contributed by atoms with E-state index >= 15 is 0 Å². The van der Waals surface area contributed by atoms with Crippen LogP contribution in [0.1, 0.15) is 5.56 Å². The van der Waals surface area contributed by atoms with Crippen molar-refractivity contribution in [3.63, 3.8) is 0 Å². The second-order valence-electron chi connectivity index (χ2n) is 3.11. The molecule has 0 heterocycles. The molecule has 15 heavy (non-hydrogen) atoms. The summed E-state index contributed by atoms with van der Waals surface area (Å²) in [4.78, 5) is -0.306. The monoisotopic (exact) mass is 238 g/mol. The van der Waals surface area contributed by atoms with Gasteiger partial charge < -0.3 is 12.9 Å². The van der Waals surface area contributed by atoms with Gasteiger partial charge in [-0.05, 0) is 12.1 Å². The number of hydrogen-bond donors (Lipinski definition) is 1. The van der Waals surface area contributed by atoms with Gasteiger partial charge in [-0.15, -0.1) is 0 Å². The molecule has 2 N–H and O–H groups in total. The molecule has 0 bridgehead atoms. The molecule has 0 saturated heterocycles. The average molecular weight is 238 g/mol. The van der Waals surface area contributed by atoms with Gasteiger partial charge in [-0.1, -0.05) is 24.0 Å². The lowest BCUT2D eigenvalue weighted by Crippen LogP contribution is -2.20. The van der Waals surface area contributed by atoms with Crippen LogP contribution in [0.4, 0.5) is 12.9 Å². The molecular weight excluding hydrogens is 230 g/mol. The normalized spacial score (nSPS) is 12.8. The van der Waals surface area contributed by atoms with Gasteiger partial charge in [-0.25, -0.2) is 13.6 Å². The first-order chi connectivity index (χ1) is 6.68. The minimum Gasteiger partial charge on any atom is -0.449 e. The van der Waals surface area contributed by atoms with Crippen molar-refractivity contribution in [1.29, 1.82) is 0 Å². The first-order valence-corrected chi connectivity index (χ1v) is 5.56. The molecule has 0 fully saturated rings. The Morgan fingerprint density at radius 1 is 1.27 bits per heavy atom. The minimum atomic E-state index is -4.97. The second kappa shape index (κ2) is 3.86. The van der Waals surface area contributed by atoms with Crippen molar-refractivity contribution in [2.24, 2.45) is 5.14 Å². The standard InChI is InChI=1S/C7H8BF3NO2S/c9-8(10,11)5-6-2-1-3-7(4-6)15(12,13)14/h1-4H,5H2,(H2,12,13,14)/q-1. The number of primary sulfonamides is 1. The summed E-state index contributed by atoms with van der Waals surface area (Å²) < 4.78 is 57.9. The highest BCUT2D eigenvalue weighted by Gasteiger charge is 2.23. The topological polar surface area (TPSA) is 60.2 Å². The molecular formula is C7H8BF3NO2S-.